The summed E-state index contributed by atoms with van der Waals surface area (Å²) in [6, 6.07) is 0. The minimum atomic E-state index is -0.794. The van der Waals surface area contributed by atoms with Crippen molar-refractivity contribution < 1.29 is 14.7 Å². The summed E-state index contributed by atoms with van der Waals surface area (Å²) < 4.78 is 0. The monoisotopic (exact) mass is 359 g/mol. The Morgan fingerprint density at radius 3 is 2.69 bits per heavy atom. The van der Waals surface area contributed by atoms with Crippen LogP contribution in [0.25, 0.3) is 0 Å². The molecule has 0 aromatic rings. The summed E-state index contributed by atoms with van der Waals surface area (Å²) in [4.78, 5) is 24.7. The van der Waals surface area contributed by atoms with Gasteiger partial charge < -0.3 is 10.8 Å². The summed E-state index contributed by atoms with van der Waals surface area (Å²) in [6.45, 7) is 6.32. The van der Waals surface area contributed by atoms with Crippen LogP contribution in [0, 0.1) is 28.6 Å². The smallest absolute Gasteiger partial charge is 0.155 e. The van der Waals surface area contributed by atoms with Gasteiger partial charge in [0.15, 0.2) is 11.6 Å². The van der Waals surface area contributed by atoms with E-state index in [1.807, 2.05) is 13.0 Å². The first-order valence-corrected chi connectivity index (χ1v) is 10.4. The van der Waals surface area contributed by atoms with E-state index in [9.17, 15) is 14.7 Å². The second-order valence-electron chi connectivity index (χ2n) is 9.86. The van der Waals surface area contributed by atoms with Gasteiger partial charge in [-0.3, -0.25) is 9.59 Å². The minimum Gasteiger partial charge on any atom is -0.393 e. The lowest BCUT2D eigenvalue weighted by molar-refractivity contribution is -0.148. The number of ketones is 2. The number of hydrogen-bond donors (Lipinski definition) is 2. The molecule has 0 amide bonds. The minimum absolute atomic E-state index is 0.0772. The molecule has 3 fully saturated rings. The largest absolute Gasteiger partial charge is 0.393 e. The first-order chi connectivity index (χ1) is 12.2. The average Bonchev–Trinajstić information content (AvgIpc) is 2.86. The topological polar surface area (TPSA) is 80.4 Å². The number of carbonyl (C=O) groups is 2. The molecule has 6 unspecified atom stereocenters. The van der Waals surface area contributed by atoms with Crippen LogP contribution in [0.15, 0.2) is 11.6 Å². The Bertz CT molecular complexity index is 685. The summed E-state index contributed by atoms with van der Waals surface area (Å²) >= 11 is 0. The van der Waals surface area contributed by atoms with Crippen LogP contribution in [0.1, 0.15) is 72.1 Å². The highest BCUT2D eigenvalue weighted by Gasteiger charge is 2.67. The third-order valence-electron chi connectivity index (χ3n) is 8.97. The van der Waals surface area contributed by atoms with Gasteiger partial charge in [0.2, 0.25) is 0 Å². The van der Waals surface area contributed by atoms with E-state index in [0.29, 0.717) is 31.1 Å². The van der Waals surface area contributed by atoms with Crippen molar-refractivity contribution in [2.75, 3.05) is 0 Å². The zero-order chi connectivity index (χ0) is 18.9. The molecule has 4 aliphatic rings. The van der Waals surface area contributed by atoms with Gasteiger partial charge in [-0.15, -0.1) is 0 Å². The van der Waals surface area contributed by atoms with E-state index in [-0.39, 0.29) is 28.3 Å². The van der Waals surface area contributed by atoms with Gasteiger partial charge >= 0.3 is 0 Å². The van der Waals surface area contributed by atoms with E-state index in [4.69, 9.17) is 5.73 Å². The lowest BCUT2D eigenvalue weighted by Gasteiger charge is -2.60. The van der Waals surface area contributed by atoms with Crippen molar-refractivity contribution in [1.29, 1.82) is 0 Å². The number of aliphatic hydroxyl groups excluding tert-OH is 1. The molecule has 0 aromatic heterocycles. The van der Waals surface area contributed by atoms with Crippen molar-refractivity contribution in [3.63, 3.8) is 0 Å². The van der Waals surface area contributed by atoms with Crippen molar-refractivity contribution in [2.45, 2.75) is 83.8 Å². The molecular weight excluding hydrogens is 326 g/mol. The molecule has 4 heteroatoms. The fourth-order valence-corrected chi connectivity index (χ4v) is 7.52. The Morgan fingerprint density at radius 1 is 1.27 bits per heavy atom. The molecule has 0 radical (unpaired) electrons. The molecule has 7 atom stereocenters. The van der Waals surface area contributed by atoms with Crippen LogP contribution in [0.4, 0.5) is 0 Å². The van der Waals surface area contributed by atoms with Crippen LogP contribution in [-0.4, -0.2) is 28.3 Å². The Kier molecular flexibility index (Phi) is 4.06. The number of Topliss-reactive ketones (excluding diaryl/α,β-unsaturated/α-hetero) is 1. The van der Waals surface area contributed by atoms with Gasteiger partial charge in [0, 0.05) is 12.8 Å². The predicted molar refractivity (Wildman–Crippen MR) is 100 cm³/mol. The van der Waals surface area contributed by atoms with Crippen LogP contribution in [0.2, 0.25) is 0 Å². The first-order valence-electron chi connectivity index (χ1n) is 10.4. The highest BCUT2D eigenvalue weighted by atomic mass is 16.3. The van der Waals surface area contributed by atoms with Gasteiger partial charge in [0.25, 0.3) is 0 Å². The molecule has 0 heterocycles. The molecule has 26 heavy (non-hydrogen) atoms. The highest BCUT2D eigenvalue weighted by Crippen LogP contribution is 2.67. The molecule has 0 bridgehead atoms. The third kappa shape index (κ3) is 2.15. The van der Waals surface area contributed by atoms with Gasteiger partial charge in [0.1, 0.15) is 0 Å². The summed E-state index contributed by atoms with van der Waals surface area (Å²) in [5.74, 6) is 1.37. The van der Waals surface area contributed by atoms with Crippen molar-refractivity contribution in [3.8, 4) is 0 Å². The van der Waals surface area contributed by atoms with Crippen LogP contribution < -0.4 is 5.73 Å². The molecule has 4 rings (SSSR count). The Balaban J connectivity index is 1.74. The van der Waals surface area contributed by atoms with Gasteiger partial charge in [-0.1, -0.05) is 26.3 Å². The van der Waals surface area contributed by atoms with Crippen LogP contribution in [-0.2, 0) is 9.59 Å². The lowest BCUT2D eigenvalue weighted by Crippen LogP contribution is -2.64. The molecule has 144 valence electrons. The number of hydrogen-bond acceptors (Lipinski definition) is 4. The summed E-state index contributed by atoms with van der Waals surface area (Å²) in [6.07, 6.45) is 7.61. The standard InChI is InChI=1S/C22H33NO3/c1-4-18(26)22(23)10-8-16-15-6-5-13-11-14(24)7-9-20(13,2)19(15)17(25)12-21(16,22)3/h11,15-17,19,25H,4-10,12,23H2,1-3H3/t15?,16?,17?,19?,20?,21?,22-/m0/s1. The first kappa shape index (κ1) is 18.4. The maximum Gasteiger partial charge on any atom is 0.155 e. The van der Waals surface area contributed by atoms with E-state index >= 15 is 0 Å². The fraction of sp³-hybridized carbons (Fsp3) is 0.818. The normalized spacial score (nSPS) is 50.5. The number of fused-ring (bicyclic) bond motifs is 5. The SMILES string of the molecule is CCC(=O)[C@@]1(N)CCC2C3CCC4=CC(=O)CCC4(C)C3C(O)CC21C. The number of nitrogens with two attached hydrogens (primary N) is 1. The zero-order valence-corrected chi connectivity index (χ0v) is 16.4. The Labute approximate surface area is 156 Å². The van der Waals surface area contributed by atoms with E-state index in [1.54, 1.807) is 0 Å². The number of allylic oxidation sites excluding steroid dienone is 1. The molecule has 0 aliphatic heterocycles. The second kappa shape index (κ2) is 5.75. The van der Waals surface area contributed by atoms with Crippen LogP contribution in [0.5, 0.6) is 0 Å². The third-order valence-corrected chi connectivity index (χ3v) is 8.97. The van der Waals surface area contributed by atoms with Crippen molar-refractivity contribution in [2.24, 2.45) is 34.3 Å². The summed E-state index contributed by atoms with van der Waals surface area (Å²) in [7, 11) is 0. The molecular formula is C22H33NO3. The van der Waals surface area contributed by atoms with Crippen molar-refractivity contribution in [1.82, 2.24) is 0 Å². The lowest BCUT2D eigenvalue weighted by atomic mass is 9.45. The quantitative estimate of drug-likeness (QED) is 0.793. The molecule has 0 spiro atoms. The van der Waals surface area contributed by atoms with Gasteiger partial charge in [-0.2, -0.15) is 0 Å². The van der Waals surface area contributed by atoms with E-state index in [1.165, 1.54) is 5.57 Å². The number of carbonyl (C=O) groups excluding carboxylic acids is 2. The zero-order valence-electron chi connectivity index (χ0n) is 16.4. The molecule has 3 saturated carbocycles. The Hall–Kier alpha value is -1.00. The van der Waals surface area contributed by atoms with E-state index in [2.05, 4.69) is 13.8 Å². The average molecular weight is 360 g/mol. The molecule has 0 aromatic carbocycles. The van der Waals surface area contributed by atoms with Gasteiger partial charge in [-0.25, -0.2) is 0 Å². The van der Waals surface area contributed by atoms with Gasteiger partial charge in [-0.05, 0) is 73.2 Å². The van der Waals surface area contributed by atoms with Crippen molar-refractivity contribution >= 4 is 11.6 Å². The molecule has 3 N–H and O–H groups in total. The highest BCUT2D eigenvalue weighted by molar-refractivity contribution is 5.91. The number of rotatable bonds is 2. The van der Waals surface area contributed by atoms with Crippen LogP contribution >= 0.6 is 0 Å². The molecule has 4 nitrogen and oxygen atoms in total. The molecule has 0 saturated heterocycles. The maximum absolute atomic E-state index is 12.7. The fourth-order valence-electron chi connectivity index (χ4n) is 7.52. The summed E-state index contributed by atoms with van der Waals surface area (Å²) in [5, 5.41) is 11.3. The number of aliphatic hydroxyl groups is 1. The second-order valence-corrected chi connectivity index (χ2v) is 9.86. The maximum atomic E-state index is 12.7. The Morgan fingerprint density at radius 2 is 2.00 bits per heavy atom. The van der Waals surface area contributed by atoms with Crippen LogP contribution in [0.3, 0.4) is 0 Å². The van der Waals surface area contributed by atoms with Crippen molar-refractivity contribution in [3.05, 3.63) is 11.6 Å². The summed E-state index contributed by atoms with van der Waals surface area (Å²) in [5.41, 5.74) is 6.81. The molecule has 4 aliphatic carbocycles. The van der Waals surface area contributed by atoms with E-state index in [0.717, 1.165) is 32.1 Å². The van der Waals surface area contributed by atoms with Gasteiger partial charge in [0.05, 0.1) is 11.6 Å². The van der Waals surface area contributed by atoms with E-state index < -0.39 is 11.6 Å². The predicted octanol–water partition coefficient (Wildman–Crippen LogP) is 3.17.